The number of rotatable bonds is 3. The standard InChI is InChI=1S/C9H15F2NO/c1-9(4-2-3-5-9)6-12-8(13)7(10)11/h7H,2-6H2,1H3,(H,12,13). The highest BCUT2D eigenvalue weighted by Crippen LogP contribution is 2.36. The van der Waals surface area contributed by atoms with Gasteiger partial charge in [0, 0.05) is 6.54 Å². The fraction of sp³-hybridized carbons (Fsp3) is 0.889. The van der Waals surface area contributed by atoms with E-state index in [0.717, 1.165) is 25.7 Å². The molecule has 13 heavy (non-hydrogen) atoms. The molecule has 1 amide bonds. The van der Waals surface area contributed by atoms with Crippen LogP contribution in [0.25, 0.3) is 0 Å². The van der Waals surface area contributed by atoms with E-state index in [-0.39, 0.29) is 5.41 Å². The molecule has 0 unspecified atom stereocenters. The van der Waals surface area contributed by atoms with Gasteiger partial charge in [0.2, 0.25) is 0 Å². The van der Waals surface area contributed by atoms with Crippen molar-refractivity contribution in [2.45, 2.75) is 39.0 Å². The number of nitrogens with one attached hydrogen (secondary N) is 1. The number of amides is 1. The number of carbonyl (C=O) groups is 1. The van der Waals surface area contributed by atoms with Crippen LogP contribution in [0.3, 0.4) is 0 Å². The maximum absolute atomic E-state index is 11.8. The summed E-state index contributed by atoms with van der Waals surface area (Å²) in [6.45, 7) is 2.42. The van der Waals surface area contributed by atoms with Gasteiger partial charge in [0.15, 0.2) is 0 Å². The third-order valence-electron chi connectivity index (χ3n) is 2.70. The Labute approximate surface area is 76.7 Å². The average molecular weight is 191 g/mol. The molecule has 0 aromatic rings. The first-order valence-electron chi connectivity index (χ1n) is 4.59. The lowest BCUT2D eigenvalue weighted by Gasteiger charge is -2.23. The largest absolute Gasteiger partial charge is 0.351 e. The monoisotopic (exact) mass is 191 g/mol. The number of hydrogen-bond acceptors (Lipinski definition) is 1. The quantitative estimate of drug-likeness (QED) is 0.725. The zero-order chi connectivity index (χ0) is 9.90. The Morgan fingerprint density at radius 1 is 1.46 bits per heavy atom. The molecular formula is C9H15F2NO. The molecule has 0 saturated heterocycles. The van der Waals surface area contributed by atoms with Gasteiger partial charge < -0.3 is 5.32 Å². The molecule has 1 fully saturated rings. The van der Waals surface area contributed by atoms with E-state index < -0.39 is 12.3 Å². The van der Waals surface area contributed by atoms with Gasteiger partial charge in [-0.15, -0.1) is 0 Å². The van der Waals surface area contributed by atoms with Crippen molar-refractivity contribution < 1.29 is 13.6 Å². The van der Waals surface area contributed by atoms with Crippen molar-refractivity contribution in [1.29, 1.82) is 0 Å². The summed E-state index contributed by atoms with van der Waals surface area (Å²) in [5.41, 5.74) is 0.0462. The van der Waals surface area contributed by atoms with Gasteiger partial charge in [0.1, 0.15) is 0 Å². The van der Waals surface area contributed by atoms with Gasteiger partial charge in [-0.05, 0) is 18.3 Å². The van der Waals surface area contributed by atoms with Crippen LogP contribution in [-0.4, -0.2) is 18.9 Å². The molecule has 1 N–H and O–H groups in total. The molecule has 1 aliphatic rings. The summed E-state index contributed by atoms with van der Waals surface area (Å²) >= 11 is 0. The van der Waals surface area contributed by atoms with Crippen molar-refractivity contribution in [3.05, 3.63) is 0 Å². The minimum atomic E-state index is -2.88. The Balaban J connectivity index is 2.29. The van der Waals surface area contributed by atoms with Gasteiger partial charge in [-0.2, -0.15) is 8.78 Å². The van der Waals surface area contributed by atoms with Gasteiger partial charge in [-0.25, -0.2) is 0 Å². The van der Waals surface area contributed by atoms with E-state index in [2.05, 4.69) is 5.32 Å². The van der Waals surface area contributed by atoms with E-state index in [1.54, 1.807) is 0 Å². The van der Waals surface area contributed by atoms with Crippen LogP contribution < -0.4 is 5.32 Å². The predicted molar refractivity (Wildman–Crippen MR) is 45.6 cm³/mol. The summed E-state index contributed by atoms with van der Waals surface area (Å²) in [4.78, 5) is 10.6. The minimum absolute atomic E-state index is 0.0462. The lowest BCUT2D eigenvalue weighted by molar-refractivity contribution is -0.132. The van der Waals surface area contributed by atoms with Crippen molar-refractivity contribution in [2.24, 2.45) is 5.41 Å². The minimum Gasteiger partial charge on any atom is -0.351 e. The van der Waals surface area contributed by atoms with Crippen molar-refractivity contribution in [1.82, 2.24) is 5.32 Å². The Morgan fingerprint density at radius 3 is 2.46 bits per heavy atom. The lowest BCUT2D eigenvalue weighted by atomic mass is 9.89. The number of hydrogen-bond donors (Lipinski definition) is 1. The van der Waals surface area contributed by atoms with Gasteiger partial charge in [0.05, 0.1) is 0 Å². The highest BCUT2D eigenvalue weighted by Gasteiger charge is 2.29. The molecule has 0 aliphatic heterocycles. The predicted octanol–water partition coefficient (Wildman–Crippen LogP) is 1.95. The topological polar surface area (TPSA) is 29.1 Å². The van der Waals surface area contributed by atoms with Gasteiger partial charge in [-0.3, -0.25) is 4.79 Å². The Hall–Kier alpha value is -0.670. The molecule has 2 nitrogen and oxygen atoms in total. The fourth-order valence-corrected chi connectivity index (χ4v) is 1.78. The van der Waals surface area contributed by atoms with E-state index in [1.165, 1.54) is 0 Å². The van der Waals surface area contributed by atoms with Crippen LogP contribution in [0.2, 0.25) is 0 Å². The van der Waals surface area contributed by atoms with Crippen LogP contribution in [0.15, 0.2) is 0 Å². The van der Waals surface area contributed by atoms with Crippen LogP contribution in [0.4, 0.5) is 8.78 Å². The van der Waals surface area contributed by atoms with Crippen molar-refractivity contribution >= 4 is 5.91 Å². The van der Waals surface area contributed by atoms with Gasteiger partial charge >= 0.3 is 6.43 Å². The summed E-state index contributed by atoms with van der Waals surface area (Å²) in [6, 6.07) is 0. The summed E-state index contributed by atoms with van der Waals surface area (Å²) in [5.74, 6) is -1.15. The first-order chi connectivity index (χ1) is 6.03. The number of carbonyl (C=O) groups excluding carboxylic acids is 1. The van der Waals surface area contributed by atoms with Crippen molar-refractivity contribution in [3.8, 4) is 0 Å². The van der Waals surface area contributed by atoms with Gasteiger partial charge in [0.25, 0.3) is 5.91 Å². The highest BCUT2D eigenvalue weighted by atomic mass is 19.3. The Morgan fingerprint density at radius 2 is 2.00 bits per heavy atom. The molecule has 0 atom stereocenters. The maximum atomic E-state index is 11.8. The van der Waals surface area contributed by atoms with E-state index in [0.29, 0.717) is 6.54 Å². The lowest BCUT2D eigenvalue weighted by Crippen LogP contribution is -2.37. The Bertz CT molecular complexity index is 188. The molecular weight excluding hydrogens is 176 g/mol. The van der Waals surface area contributed by atoms with Crippen LogP contribution >= 0.6 is 0 Å². The van der Waals surface area contributed by atoms with Crippen molar-refractivity contribution in [2.75, 3.05) is 6.54 Å². The number of alkyl halides is 2. The highest BCUT2D eigenvalue weighted by molar-refractivity contribution is 5.79. The molecule has 0 aromatic carbocycles. The molecule has 1 saturated carbocycles. The van der Waals surface area contributed by atoms with E-state index in [1.807, 2.05) is 6.92 Å². The first kappa shape index (κ1) is 10.4. The molecule has 0 spiro atoms. The fourth-order valence-electron chi connectivity index (χ4n) is 1.78. The SMILES string of the molecule is CC1(CNC(=O)C(F)F)CCCC1. The molecule has 76 valence electrons. The van der Waals surface area contributed by atoms with E-state index in [4.69, 9.17) is 0 Å². The van der Waals surface area contributed by atoms with Crippen LogP contribution in [-0.2, 0) is 4.79 Å². The summed E-state index contributed by atoms with van der Waals surface area (Å²) in [7, 11) is 0. The van der Waals surface area contributed by atoms with Crippen LogP contribution in [0, 0.1) is 5.41 Å². The second-order valence-corrected chi connectivity index (χ2v) is 4.04. The van der Waals surface area contributed by atoms with E-state index >= 15 is 0 Å². The third-order valence-corrected chi connectivity index (χ3v) is 2.70. The zero-order valence-corrected chi connectivity index (χ0v) is 7.78. The normalized spacial score (nSPS) is 20.6. The molecule has 1 rings (SSSR count). The molecule has 4 heteroatoms. The van der Waals surface area contributed by atoms with Gasteiger partial charge in [-0.1, -0.05) is 19.8 Å². The third kappa shape index (κ3) is 2.94. The molecule has 0 radical (unpaired) electrons. The van der Waals surface area contributed by atoms with Crippen molar-refractivity contribution in [3.63, 3.8) is 0 Å². The first-order valence-corrected chi connectivity index (χ1v) is 4.59. The summed E-state index contributed by atoms with van der Waals surface area (Å²) < 4.78 is 23.6. The zero-order valence-electron chi connectivity index (χ0n) is 7.78. The average Bonchev–Trinajstić information content (AvgIpc) is 2.48. The number of halogens is 2. The molecule has 0 bridgehead atoms. The second kappa shape index (κ2) is 4.03. The Kier molecular flexibility index (Phi) is 3.22. The van der Waals surface area contributed by atoms with E-state index in [9.17, 15) is 13.6 Å². The van der Waals surface area contributed by atoms with Crippen LogP contribution in [0.1, 0.15) is 32.6 Å². The summed E-state index contributed by atoms with van der Waals surface area (Å²) in [6.07, 6.45) is 1.44. The smallest absolute Gasteiger partial charge is 0.315 e. The maximum Gasteiger partial charge on any atom is 0.315 e. The second-order valence-electron chi connectivity index (χ2n) is 4.04. The molecule has 1 aliphatic carbocycles. The molecule has 0 aromatic heterocycles. The molecule has 0 heterocycles. The summed E-state index contributed by atoms with van der Waals surface area (Å²) in [5, 5.41) is 2.28. The van der Waals surface area contributed by atoms with Crippen LogP contribution in [0.5, 0.6) is 0 Å².